The van der Waals surface area contributed by atoms with Gasteiger partial charge in [-0.2, -0.15) is 0 Å². The van der Waals surface area contributed by atoms with Crippen LogP contribution >= 0.6 is 0 Å². The highest BCUT2D eigenvalue weighted by atomic mass is 16.5. The number of carboxylic acids is 1. The first-order valence-corrected chi connectivity index (χ1v) is 10.8. The highest BCUT2D eigenvalue weighted by Gasteiger charge is 2.23. The number of rotatable bonds is 9. The number of ketones is 1. The van der Waals surface area contributed by atoms with Crippen LogP contribution in [0, 0.1) is 0 Å². The van der Waals surface area contributed by atoms with E-state index in [2.05, 4.69) is 0 Å². The van der Waals surface area contributed by atoms with E-state index in [1.54, 1.807) is 66.7 Å². The molecule has 3 rings (SSSR count). The number of ether oxygens (including phenoxy) is 4. The Hall–Kier alpha value is -4.59. The molecule has 3 aromatic carbocycles. The van der Waals surface area contributed by atoms with Gasteiger partial charge in [0.05, 0.1) is 34.0 Å². The van der Waals surface area contributed by atoms with Crippen molar-refractivity contribution < 1.29 is 38.4 Å². The third-order valence-corrected chi connectivity index (χ3v) is 5.02. The van der Waals surface area contributed by atoms with Crippen molar-refractivity contribution in [2.75, 3.05) is 28.4 Å². The van der Waals surface area contributed by atoms with E-state index >= 15 is 0 Å². The van der Waals surface area contributed by atoms with Crippen molar-refractivity contribution in [1.82, 2.24) is 0 Å². The van der Waals surface area contributed by atoms with E-state index in [-0.39, 0.29) is 5.78 Å². The van der Waals surface area contributed by atoms with Crippen molar-refractivity contribution in [3.05, 3.63) is 102 Å². The zero-order valence-electron chi connectivity index (χ0n) is 20.5. The predicted octanol–water partition coefficient (Wildman–Crippen LogP) is 4.79. The van der Waals surface area contributed by atoms with Crippen LogP contribution in [0.1, 0.15) is 32.2 Å². The van der Waals surface area contributed by atoms with Crippen molar-refractivity contribution in [1.29, 1.82) is 0 Å². The molecule has 8 nitrogen and oxygen atoms in total. The summed E-state index contributed by atoms with van der Waals surface area (Å²) in [6.45, 7) is 0. The lowest BCUT2D eigenvalue weighted by atomic mass is 9.96. The van der Waals surface area contributed by atoms with Crippen LogP contribution in [-0.4, -0.2) is 51.3 Å². The molecule has 1 atom stereocenters. The van der Waals surface area contributed by atoms with Gasteiger partial charge in [0, 0.05) is 5.56 Å². The number of aromatic carboxylic acids is 1. The normalized spacial score (nSPS) is 11.0. The fraction of sp³-hybridized carbons (Fsp3) is 0.179. The first kappa shape index (κ1) is 27.7. The maximum absolute atomic E-state index is 12.3. The summed E-state index contributed by atoms with van der Waals surface area (Å²) in [6.07, 6.45) is 2.86. The molecule has 0 saturated heterocycles. The summed E-state index contributed by atoms with van der Waals surface area (Å²) in [6, 6.07) is 20.4. The third kappa shape index (κ3) is 7.46. The monoisotopic (exact) mass is 492 g/mol. The Morgan fingerprint density at radius 2 is 1.25 bits per heavy atom. The Bertz CT molecular complexity index is 1160. The Morgan fingerprint density at radius 3 is 1.64 bits per heavy atom. The van der Waals surface area contributed by atoms with Crippen LogP contribution in [0.25, 0.3) is 0 Å². The molecule has 0 spiro atoms. The second-order valence-corrected chi connectivity index (χ2v) is 7.22. The zero-order chi connectivity index (χ0) is 26.5. The smallest absolute Gasteiger partial charge is 0.335 e. The molecule has 0 fully saturated rings. The number of carbonyl (C=O) groups excluding carboxylic acids is 2. The molecule has 0 aliphatic carbocycles. The van der Waals surface area contributed by atoms with Crippen molar-refractivity contribution in [2.45, 2.75) is 5.92 Å². The van der Waals surface area contributed by atoms with Crippen molar-refractivity contribution in [2.24, 2.45) is 0 Å². The van der Waals surface area contributed by atoms with E-state index in [0.29, 0.717) is 33.9 Å². The minimum Gasteiger partial charge on any atom is -0.493 e. The molecule has 0 amide bonds. The third-order valence-electron chi connectivity index (χ3n) is 5.02. The maximum atomic E-state index is 12.3. The van der Waals surface area contributed by atoms with E-state index < -0.39 is 17.9 Å². The number of esters is 1. The van der Waals surface area contributed by atoms with E-state index in [4.69, 9.17) is 24.1 Å². The molecular weight excluding hydrogens is 464 g/mol. The molecule has 0 aliphatic rings. The lowest BCUT2D eigenvalue weighted by molar-refractivity contribution is -0.141. The lowest BCUT2D eigenvalue weighted by Gasteiger charge is -2.17. The highest BCUT2D eigenvalue weighted by molar-refractivity contribution is 6.05. The summed E-state index contributed by atoms with van der Waals surface area (Å²) < 4.78 is 20.9. The number of carbonyl (C=O) groups is 3. The molecule has 0 radical (unpaired) electrons. The number of hydrogen-bond donors (Lipinski definition) is 1. The fourth-order valence-corrected chi connectivity index (χ4v) is 3.20. The highest BCUT2D eigenvalue weighted by Crippen LogP contribution is 2.40. The van der Waals surface area contributed by atoms with Crippen LogP contribution < -0.4 is 14.2 Å². The van der Waals surface area contributed by atoms with E-state index in [9.17, 15) is 14.4 Å². The molecule has 36 heavy (non-hydrogen) atoms. The van der Waals surface area contributed by atoms with Gasteiger partial charge in [0.2, 0.25) is 5.75 Å². The van der Waals surface area contributed by atoms with Gasteiger partial charge >= 0.3 is 11.9 Å². The molecule has 0 saturated carbocycles. The molecule has 0 aliphatic heterocycles. The van der Waals surface area contributed by atoms with Gasteiger partial charge in [-0.15, -0.1) is 0 Å². The van der Waals surface area contributed by atoms with Crippen LogP contribution in [0.4, 0.5) is 0 Å². The van der Waals surface area contributed by atoms with Crippen LogP contribution in [0.2, 0.25) is 0 Å². The van der Waals surface area contributed by atoms with E-state index in [1.807, 2.05) is 6.07 Å². The Morgan fingerprint density at radius 1 is 0.750 bits per heavy atom. The summed E-state index contributed by atoms with van der Waals surface area (Å²) in [4.78, 5) is 34.8. The van der Waals surface area contributed by atoms with Gasteiger partial charge in [0.25, 0.3) is 0 Å². The number of carboxylic acid groups (broad SMARTS) is 1. The minimum atomic E-state index is -0.879. The van der Waals surface area contributed by atoms with Gasteiger partial charge in [0.15, 0.2) is 17.3 Å². The Balaban J connectivity index is 0.000000425. The molecule has 1 unspecified atom stereocenters. The van der Waals surface area contributed by atoms with Gasteiger partial charge in [0.1, 0.15) is 5.92 Å². The summed E-state index contributed by atoms with van der Waals surface area (Å²) in [5.41, 5.74) is 1.41. The molecule has 3 aromatic rings. The first-order chi connectivity index (χ1) is 17.4. The fourth-order valence-electron chi connectivity index (χ4n) is 3.20. The lowest BCUT2D eigenvalue weighted by Crippen LogP contribution is -2.13. The largest absolute Gasteiger partial charge is 0.493 e. The molecule has 0 bridgehead atoms. The molecule has 0 aromatic heterocycles. The van der Waals surface area contributed by atoms with Crippen LogP contribution in [0.5, 0.6) is 17.2 Å². The minimum absolute atomic E-state index is 0.211. The van der Waals surface area contributed by atoms with Gasteiger partial charge in [-0.05, 0) is 35.9 Å². The predicted molar refractivity (Wildman–Crippen MR) is 134 cm³/mol. The Kier molecular flexibility index (Phi) is 10.7. The molecular formula is C28H28O8. The number of methoxy groups -OCH3 is 4. The van der Waals surface area contributed by atoms with E-state index in [1.165, 1.54) is 40.6 Å². The summed E-state index contributed by atoms with van der Waals surface area (Å²) in [5.74, 6) is -1.19. The molecule has 1 N–H and O–H groups in total. The maximum Gasteiger partial charge on any atom is 0.335 e. The number of benzene rings is 3. The summed E-state index contributed by atoms with van der Waals surface area (Å²) in [5, 5.41) is 8.38. The summed E-state index contributed by atoms with van der Waals surface area (Å²) in [7, 11) is 5.77. The van der Waals surface area contributed by atoms with Crippen LogP contribution in [0.15, 0.2) is 84.9 Å². The second kappa shape index (κ2) is 14.0. The standard InChI is InChI=1S/C21H22O6.C7H6O2/c1-24-18-12-15(13-19(25-2)20(18)26-3)16(21(23)27-4)10-11-17(22)14-8-6-5-7-9-14;8-7(9)6-4-2-1-3-5-6/h5-13,16H,1-4H3;1-5H,(H,8,9)/b11-10+;. The topological polar surface area (TPSA) is 108 Å². The van der Waals surface area contributed by atoms with Gasteiger partial charge in [-0.3, -0.25) is 9.59 Å². The number of hydrogen-bond acceptors (Lipinski definition) is 7. The van der Waals surface area contributed by atoms with Crippen molar-refractivity contribution in [3.8, 4) is 17.2 Å². The van der Waals surface area contributed by atoms with Gasteiger partial charge < -0.3 is 24.1 Å². The molecule has 188 valence electrons. The summed E-state index contributed by atoms with van der Waals surface area (Å²) >= 11 is 0. The van der Waals surface area contributed by atoms with Gasteiger partial charge in [-0.25, -0.2) is 4.79 Å². The molecule has 8 heteroatoms. The Labute approximate surface area is 209 Å². The van der Waals surface area contributed by atoms with Gasteiger partial charge in [-0.1, -0.05) is 54.6 Å². The second-order valence-electron chi connectivity index (χ2n) is 7.22. The SMILES string of the molecule is COC(=O)C(/C=C/C(=O)c1ccccc1)c1cc(OC)c(OC)c(OC)c1.O=C(O)c1ccccc1. The van der Waals surface area contributed by atoms with Crippen molar-refractivity contribution in [3.63, 3.8) is 0 Å². The van der Waals surface area contributed by atoms with E-state index in [0.717, 1.165) is 0 Å². The van der Waals surface area contributed by atoms with Crippen molar-refractivity contribution >= 4 is 17.7 Å². The van der Waals surface area contributed by atoms with Crippen LogP contribution in [-0.2, 0) is 9.53 Å². The number of allylic oxidation sites excluding steroid dienone is 1. The molecule has 0 heterocycles. The van der Waals surface area contributed by atoms with Crippen LogP contribution in [0.3, 0.4) is 0 Å². The zero-order valence-corrected chi connectivity index (χ0v) is 20.5. The first-order valence-electron chi connectivity index (χ1n) is 10.8. The average molecular weight is 493 g/mol. The quantitative estimate of drug-likeness (QED) is 0.258. The average Bonchev–Trinajstić information content (AvgIpc) is 2.93.